The second-order valence-electron chi connectivity index (χ2n) is 10.9. The Balaban J connectivity index is 0.000000265. The molecule has 0 radical (unpaired) electrons. The number of carbonyl (C=O) groups is 2. The number of rotatable bonds is 11. The van der Waals surface area contributed by atoms with Crippen LogP contribution >= 0.6 is 0 Å². The van der Waals surface area contributed by atoms with Gasteiger partial charge in [-0.15, -0.1) is 0 Å². The zero-order valence-electron chi connectivity index (χ0n) is 30.5. The molecule has 0 saturated carbocycles. The average Bonchev–Trinajstić information content (AvgIpc) is 3.59. The van der Waals surface area contributed by atoms with Gasteiger partial charge in [-0.05, 0) is 24.3 Å². The van der Waals surface area contributed by atoms with Gasteiger partial charge >= 0.3 is 30.4 Å². The molecule has 324 valence electrons. The molecule has 5 rings (SSSR count). The lowest BCUT2D eigenvalue weighted by atomic mass is 10.2. The van der Waals surface area contributed by atoms with Crippen LogP contribution in [0.2, 0.25) is 0 Å². The molecule has 4 amide bonds. The molecular formula is C29H27F6N11O11S3. The van der Waals surface area contributed by atoms with Crippen LogP contribution in [0.25, 0.3) is 5.65 Å². The Hall–Kier alpha value is -6.63. The van der Waals surface area contributed by atoms with Crippen molar-refractivity contribution in [3.8, 4) is 17.8 Å². The van der Waals surface area contributed by atoms with E-state index in [0.29, 0.717) is 12.1 Å². The highest BCUT2D eigenvalue weighted by Gasteiger charge is 2.39. The standard InChI is InChI=1S/C16H18N6O7S2.C13H9F6N5O4S/c1-4-30(24,25)13-14(22-8-6-5-7-10(22)17-13)31(26,27)21-16(23)20-15-18-11(28-2)9-12(19-15)29-3;1-28-11-21-8(13(17,18)19)20-9(23-11)22-10(25)24-29(26,27)7-5-3-2-4-6(7)12(14,15)16/h5-9H,4H2,1-3H3,(H2,18,19,20,21,23);2-5H,1H3,(H2,20,21,22,23,24,25). The van der Waals surface area contributed by atoms with Crippen molar-refractivity contribution in [1.29, 1.82) is 0 Å². The zero-order chi connectivity index (χ0) is 44.8. The summed E-state index contributed by atoms with van der Waals surface area (Å²) in [6, 6.07) is 5.00. The minimum atomic E-state index is -5.05. The van der Waals surface area contributed by atoms with Crippen molar-refractivity contribution in [2.45, 2.75) is 34.2 Å². The summed E-state index contributed by atoms with van der Waals surface area (Å²) in [5.41, 5.74) is -1.47. The molecule has 4 aromatic heterocycles. The van der Waals surface area contributed by atoms with E-state index in [2.05, 4.69) is 40.0 Å². The van der Waals surface area contributed by atoms with Crippen molar-refractivity contribution in [1.82, 2.24) is 43.7 Å². The van der Waals surface area contributed by atoms with E-state index in [1.54, 1.807) is 16.1 Å². The number of aromatic nitrogens is 7. The van der Waals surface area contributed by atoms with Crippen molar-refractivity contribution in [3.63, 3.8) is 0 Å². The number of fused-ring (bicyclic) bond motifs is 1. The van der Waals surface area contributed by atoms with Gasteiger partial charge in [-0.3, -0.25) is 15.0 Å². The number of nitrogens with one attached hydrogen (secondary N) is 4. The number of methoxy groups -OCH3 is 3. The molecule has 60 heavy (non-hydrogen) atoms. The molecule has 5 aromatic rings. The van der Waals surface area contributed by atoms with Gasteiger partial charge in [0.05, 0.1) is 43.6 Å². The van der Waals surface area contributed by atoms with Crippen molar-refractivity contribution >= 4 is 59.5 Å². The Morgan fingerprint density at radius 1 is 0.683 bits per heavy atom. The summed E-state index contributed by atoms with van der Waals surface area (Å²) in [6.45, 7) is 1.35. The molecule has 22 nitrogen and oxygen atoms in total. The third-order valence-corrected chi connectivity index (χ3v) is 11.4. The molecule has 0 aliphatic heterocycles. The van der Waals surface area contributed by atoms with Crippen molar-refractivity contribution in [2.24, 2.45) is 0 Å². The number of carbonyl (C=O) groups excluding carboxylic acids is 2. The molecule has 0 aliphatic carbocycles. The molecule has 31 heteroatoms. The van der Waals surface area contributed by atoms with Gasteiger partial charge in [0.2, 0.25) is 29.5 Å². The second kappa shape index (κ2) is 17.7. The van der Waals surface area contributed by atoms with Crippen LogP contribution in [0.15, 0.2) is 69.7 Å². The normalized spacial score (nSPS) is 12.1. The highest BCUT2D eigenvalue weighted by Crippen LogP contribution is 2.34. The maximum atomic E-state index is 13.0. The summed E-state index contributed by atoms with van der Waals surface area (Å²) in [7, 11) is -10.2. The Labute approximate surface area is 333 Å². The first-order valence-electron chi connectivity index (χ1n) is 15.7. The summed E-state index contributed by atoms with van der Waals surface area (Å²) in [6.07, 6.45) is -8.79. The number of alkyl halides is 6. The number of ether oxygens (including phenoxy) is 3. The number of nitrogens with zero attached hydrogens (tertiary/aromatic N) is 7. The lowest BCUT2D eigenvalue weighted by Gasteiger charge is -2.14. The first kappa shape index (κ1) is 46.1. The molecule has 4 heterocycles. The number of hydrogen-bond acceptors (Lipinski definition) is 17. The number of pyridine rings is 1. The van der Waals surface area contributed by atoms with Gasteiger partial charge in [0.25, 0.3) is 20.0 Å². The van der Waals surface area contributed by atoms with Gasteiger partial charge in [0, 0.05) is 6.20 Å². The quantitative estimate of drug-likeness (QED) is 0.139. The first-order valence-corrected chi connectivity index (χ1v) is 20.3. The predicted molar refractivity (Wildman–Crippen MR) is 190 cm³/mol. The van der Waals surface area contributed by atoms with E-state index in [1.807, 2.05) is 0 Å². The van der Waals surface area contributed by atoms with Gasteiger partial charge in [0.1, 0.15) is 5.65 Å². The van der Waals surface area contributed by atoms with Crippen molar-refractivity contribution in [3.05, 3.63) is 66.1 Å². The number of benzene rings is 1. The van der Waals surface area contributed by atoms with Gasteiger partial charge in [-0.1, -0.05) is 25.1 Å². The zero-order valence-corrected chi connectivity index (χ0v) is 33.0. The van der Waals surface area contributed by atoms with Crippen molar-refractivity contribution in [2.75, 3.05) is 37.7 Å². The summed E-state index contributed by atoms with van der Waals surface area (Å²) >= 11 is 0. The number of anilines is 2. The average molecular weight is 916 g/mol. The smallest absolute Gasteiger partial charge is 0.451 e. The fourth-order valence-corrected chi connectivity index (χ4v) is 8.17. The first-order chi connectivity index (χ1) is 27.8. The number of halogens is 6. The number of sulfonamides is 2. The summed E-state index contributed by atoms with van der Waals surface area (Å²) in [5, 5.41) is 2.34. The number of imidazole rings is 1. The van der Waals surface area contributed by atoms with E-state index >= 15 is 0 Å². The van der Waals surface area contributed by atoms with Crippen LogP contribution in [0.3, 0.4) is 0 Å². The third-order valence-electron chi connectivity index (χ3n) is 6.92. The Morgan fingerprint density at radius 2 is 1.23 bits per heavy atom. The SMILES string of the molecule is CCS(=O)(=O)c1nc2ccccn2c1S(=O)(=O)NC(=O)Nc1nc(OC)cc(OC)n1.COc1nc(NC(=O)NS(=O)(=O)c2ccccc2C(F)(F)F)nc(C(F)(F)F)n1. The lowest BCUT2D eigenvalue weighted by molar-refractivity contribution is -0.145. The Kier molecular flexibility index (Phi) is 13.6. The fourth-order valence-electron chi connectivity index (χ4n) is 4.37. The lowest BCUT2D eigenvalue weighted by Crippen LogP contribution is -2.36. The van der Waals surface area contributed by atoms with Crippen LogP contribution in [0.5, 0.6) is 17.8 Å². The Morgan fingerprint density at radius 3 is 1.77 bits per heavy atom. The van der Waals surface area contributed by atoms with E-state index in [-0.39, 0.29) is 29.1 Å². The van der Waals surface area contributed by atoms with Crippen LogP contribution in [0, 0.1) is 0 Å². The summed E-state index contributed by atoms with van der Waals surface area (Å²) < 4.78 is 170. The number of hydrogen-bond donors (Lipinski definition) is 4. The molecule has 0 fully saturated rings. The fraction of sp³-hybridized carbons (Fsp3) is 0.241. The predicted octanol–water partition coefficient (Wildman–Crippen LogP) is 2.87. The highest BCUT2D eigenvalue weighted by atomic mass is 32.2. The third kappa shape index (κ3) is 11.1. The van der Waals surface area contributed by atoms with E-state index in [4.69, 9.17) is 9.47 Å². The minimum absolute atomic E-state index is 0.0584. The van der Waals surface area contributed by atoms with E-state index < -0.39 is 92.6 Å². The van der Waals surface area contributed by atoms with Crippen molar-refractivity contribution < 1.29 is 75.4 Å². The van der Waals surface area contributed by atoms with Gasteiger partial charge < -0.3 is 14.2 Å². The monoisotopic (exact) mass is 915 g/mol. The number of urea groups is 2. The van der Waals surface area contributed by atoms with E-state index in [0.717, 1.165) is 23.6 Å². The molecule has 0 spiro atoms. The van der Waals surface area contributed by atoms with Gasteiger partial charge in [-0.25, -0.2) is 40.9 Å². The molecule has 1 aromatic carbocycles. The number of sulfone groups is 1. The van der Waals surface area contributed by atoms with Crippen LogP contribution in [-0.4, -0.2) is 98.7 Å². The maximum absolute atomic E-state index is 13.0. The molecule has 0 atom stereocenters. The van der Waals surface area contributed by atoms with Gasteiger partial charge in [0.15, 0.2) is 19.9 Å². The molecule has 0 saturated heterocycles. The van der Waals surface area contributed by atoms with Gasteiger partial charge in [-0.2, -0.15) is 59.7 Å². The largest absolute Gasteiger partial charge is 0.481 e. The molecule has 0 unspecified atom stereocenters. The molecule has 0 bridgehead atoms. The Bertz CT molecular complexity index is 2730. The highest BCUT2D eigenvalue weighted by molar-refractivity contribution is 7.93. The van der Waals surface area contributed by atoms with Crippen LogP contribution in [0.4, 0.5) is 47.8 Å². The maximum Gasteiger partial charge on any atom is 0.451 e. The van der Waals surface area contributed by atoms with Crippen LogP contribution < -0.4 is 34.3 Å². The molecular weight excluding hydrogens is 889 g/mol. The summed E-state index contributed by atoms with van der Waals surface area (Å²) in [4.78, 5) is 43.6. The molecule has 4 N–H and O–H groups in total. The van der Waals surface area contributed by atoms with Crippen LogP contribution in [0.1, 0.15) is 18.3 Å². The number of amides is 4. The summed E-state index contributed by atoms with van der Waals surface area (Å²) in [5.74, 6) is -3.39. The van der Waals surface area contributed by atoms with E-state index in [9.17, 15) is 61.2 Å². The van der Waals surface area contributed by atoms with Crippen LogP contribution in [-0.2, 0) is 42.2 Å². The topological polar surface area (TPSA) is 294 Å². The second-order valence-corrected chi connectivity index (χ2v) is 16.4. The minimum Gasteiger partial charge on any atom is -0.481 e. The van der Waals surface area contributed by atoms with E-state index in [1.165, 1.54) is 50.3 Å². The molecule has 0 aliphatic rings.